The fraction of sp³-hybridized carbons (Fsp3) is 0.500. The van der Waals surface area contributed by atoms with Gasteiger partial charge >= 0.3 is 0 Å². The van der Waals surface area contributed by atoms with Gasteiger partial charge in [0.05, 0.1) is 15.5 Å². The number of sulfonamides is 1. The summed E-state index contributed by atoms with van der Waals surface area (Å²) in [7, 11) is -3.61. The molecule has 1 saturated heterocycles. The van der Waals surface area contributed by atoms with E-state index in [9.17, 15) is 8.42 Å². The molecule has 1 aliphatic rings. The molecule has 0 spiro atoms. The molecule has 0 amide bonds. The first-order chi connectivity index (χ1) is 9.86. The van der Waals surface area contributed by atoms with E-state index in [1.807, 2.05) is 13.0 Å². The van der Waals surface area contributed by atoms with E-state index in [1.54, 1.807) is 0 Å². The van der Waals surface area contributed by atoms with E-state index in [2.05, 4.69) is 0 Å². The predicted molar refractivity (Wildman–Crippen MR) is 81.3 cm³/mol. The van der Waals surface area contributed by atoms with Gasteiger partial charge in [-0.25, -0.2) is 8.42 Å². The third-order valence-electron chi connectivity index (χ3n) is 3.86. The van der Waals surface area contributed by atoms with Gasteiger partial charge in [0.15, 0.2) is 0 Å². The van der Waals surface area contributed by atoms with Crippen molar-refractivity contribution in [3.05, 3.63) is 28.8 Å². The fourth-order valence-corrected chi connectivity index (χ4v) is 4.24. The van der Waals surface area contributed by atoms with Crippen molar-refractivity contribution in [1.29, 1.82) is 5.26 Å². The highest BCUT2D eigenvalue weighted by Crippen LogP contribution is 2.27. The maximum Gasteiger partial charge on any atom is 0.243 e. The molecule has 1 aliphatic heterocycles. The van der Waals surface area contributed by atoms with Gasteiger partial charge in [0.25, 0.3) is 0 Å². The minimum absolute atomic E-state index is 0.0390. The number of hydrogen-bond donors (Lipinski definition) is 1. The Balaban J connectivity index is 2.32. The minimum atomic E-state index is -3.61. The summed E-state index contributed by atoms with van der Waals surface area (Å²) < 4.78 is 26.8. The zero-order chi connectivity index (χ0) is 15.6. The lowest BCUT2D eigenvalue weighted by Gasteiger charge is -2.33. The number of piperidine rings is 1. The third-order valence-corrected chi connectivity index (χ3v) is 6.05. The molecule has 1 aromatic rings. The van der Waals surface area contributed by atoms with E-state index in [1.165, 1.54) is 22.5 Å². The summed E-state index contributed by atoms with van der Waals surface area (Å²) in [5.41, 5.74) is 6.06. The normalized spacial score (nSPS) is 21.7. The highest BCUT2D eigenvalue weighted by atomic mass is 35.5. The van der Waals surface area contributed by atoms with Crippen LogP contribution in [0, 0.1) is 17.2 Å². The SMILES string of the molecule is CC(N)C1CCCN(S(=O)(=O)c2ccc(Cl)c(C#N)c2)C1. The summed E-state index contributed by atoms with van der Waals surface area (Å²) in [6, 6.07) is 6.07. The van der Waals surface area contributed by atoms with Gasteiger partial charge in [-0.2, -0.15) is 9.57 Å². The van der Waals surface area contributed by atoms with Crippen LogP contribution in [-0.2, 0) is 10.0 Å². The second kappa shape index (κ2) is 6.32. The second-order valence-electron chi connectivity index (χ2n) is 5.38. The molecule has 2 N–H and O–H groups in total. The largest absolute Gasteiger partial charge is 0.328 e. The Morgan fingerprint density at radius 2 is 2.24 bits per heavy atom. The van der Waals surface area contributed by atoms with Gasteiger partial charge < -0.3 is 5.73 Å². The van der Waals surface area contributed by atoms with Gasteiger partial charge in [0.1, 0.15) is 6.07 Å². The molecule has 5 nitrogen and oxygen atoms in total. The van der Waals surface area contributed by atoms with Crippen molar-refractivity contribution in [1.82, 2.24) is 4.31 Å². The van der Waals surface area contributed by atoms with Crippen molar-refractivity contribution >= 4 is 21.6 Å². The second-order valence-corrected chi connectivity index (χ2v) is 7.72. The van der Waals surface area contributed by atoms with E-state index in [-0.39, 0.29) is 27.4 Å². The highest BCUT2D eigenvalue weighted by Gasteiger charge is 2.31. The lowest BCUT2D eigenvalue weighted by Crippen LogP contribution is -2.44. The molecule has 21 heavy (non-hydrogen) atoms. The van der Waals surface area contributed by atoms with E-state index in [0.717, 1.165) is 12.8 Å². The Bertz CT molecular complexity index is 667. The Labute approximate surface area is 130 Å². The summed E-state index contributed by atoms with van der Waals surface area (Å²) in [5, 5.41) is 9.23. The summed E-state index contributed by atoms with van der Waals surface area (Å²) in [6.45, 7) is 2.80. The molecule has 2 rings (SSSR count). The molecule has 114 valence electrons. The van der Waals surface area contributed by atoms with Crippen LogP contribution >= 0.6 is 11.6 Å². The van der Waals surface area contributed by atoms with Gasteiger partial charge in [-0.05, 0) is 43.9 Å². The van der Waals surface area contributed by atoms with Crippen molar-refractivity contribution < 1.29 is 8.42 Å². The van der Waals surface area contributed by atoms with Crippen molar-refractivity contribution in [3.63, 3.8) is 0 Å². The smallest absolute Gasteiger partial charge is 0.243 e. The molecule has 1 aromatic carbocycles. The molecule has 0 radical (unpaired) electrons. The van der Waals surface area contributed by atoms with Crippen molar-refractivity contribution in [2.45, 2.75) is 30.7 Å². The number of rotatable bonds is 3. The maximum absolute atomic E-state index is 12.7. The van der Waals surface area contributed by atoms with Gasteiger partial charge in [-0.3, -0.25) is 0 Å². The molecule has 0 bridgehead atoms. The lowest BCUT2D eigenvalue weighted by atomic mass is 9.93. The number of halogens is 1. The average Bonchev–Trinajstić information content (AvgIpc) is 2.47. The monoisotopic (exact) mass is 327 g/mol. The number of nitrogens with two attached hydrogens (primary N) is 1. The van der Waals surface area contributed by atoms with Crippen LogP contribution in [0.25, 0.3) is 0 Å². The minimum Gasteiger partial charge on any atom is -0.328 e. The van der Waals surface area contributed by atoms with Crippen LogP contribution in [0.2, 0.25) is 5.02 Å². The number of nitriles is 1. The van der Waals surface area contributed by atoms with Gasteiger partial charge in [-0.1, -0.05) is 11.6 Å². The first-order valence-electron chi connectivity index (χ1n) is 6.81. The average molecular weight is 328 g/mol. The lowest BCUT2D eigenvalue weighted by molar-refractivity contribution is 0.243. The quantitative estimate of drug-likeness (QED) is 0.919. The molecule has 2 atom stereocenters. The molecule has 1 fully saturated rings. The summed E-state index contributed by atoms with van der Waals surface area (Å²) >= 11 is 5.85. The molecule has 0 aromatic heterocycles. The van der Waals surface area contributed by atoms with E-state index in [0.29, 0.717) is 13.1 Å². The number of hydrogen-bond acceptors (Lipinski definition) is 4. The third kappa shape index (κ3) is 3.38. The molecule has 7 heteroatoms. The van der Waals surface area contributed by atoms with Crippen molar-refractivity contribution in [2.24, 2.45) is 11.7 Å². The van der Waals surface area contributed by atoms with Gasteiger partial charge in [-0.15, -0.1) is 0 Å². The Morgan fingerprint density at radius 1 is 1.52 bits per heavy atom. The van der Waals surface area contributed by atoms with Crippen molar-refractivity contribution in [2.75, 3.05) is 13.1 Å². The molecule has 0 saturated carbocycles. The first-order valence-corrected chi connectivity index (χ1v) is 8.63. The summed E-state index contributed by atoms with van der Waals surface area (Å²) in [4.78, 5) is 0.105. The van der Waals surface area contributed by atoms with Gasteiger partial charge in [0, 0.05) is 19.1 Å². The van der Waals surface area contributed by atoms with E-state index < -0.39 is 10.0 Å². The zero-order valence-electron chi connectivity index (χ0n) is 11.8. The van der Waals surface area contributed by atoms with Crippen molar-refractivity contribution in [3.8, 4) is 6.07 Å². The van der Waals surface area contributed by atoms with Crippen LogP contribution in [0.3, 0.4) is 0 Å². The van der Waals surface area contributed by atoms with E-state index in [4.69, 9.17) is 22.6 Å². The molecular weight excluding hydrogens is 310 g/mol. The molecule has 0 aliphatic carbocycles. The van der Waals surface area contributed by atoms with Gasteiger partial charge in [0.2, 0.25) is 10.0 Å². The predicted octanol–water partition coefficient (Wildman–Crippen LogP) is 1.96. The Kier molecular flexibility index (Phi) is 4.89. The maximum atomic E-state index is 12.7. The number of benzene rings is 1. The van der Waals surface area contributed by atoms with Crippen LogP contribution in [0.1, 0.15) is 25.3 Å². The summed E-state index contributed by atoms with van der Waals surface area (Å²) in [5.74, 6) is 0.163. The van der Waals surface area contributed by atoms with Crippen LogP contribution in [0.15, 0.2) is 23.1 Å². The molecule has 2 unspecified atom stereocenters. The Morgan fingerprint density at radius 3 is 2.86 bits per heavy atom. The van der Waals surface area contributed by atoms with E-state index >= 15 is 0 Å². The fourth-order valence-electron chi connectivity index (χ4n) is 2.52. The number of nitrogens with zero attached hydrogens (tertiary/aromatic N) is 2. The van der Waals surface area contributed by atoms with Crippen LogP contribution in [0.4, 0.5) is 0 Å². The standard InChI is InChI=1S/C14H18ClN3O2S/c1-10(17)11-3-2-6-18(9-11)21(19,20)13-4-5-14(15)12(7-13)8-16/h4-5,7,10-11H,2-3,6,9,17H2,1H3. The molecule has 1 heterocycles. The van der Waals surface area contributed by atoms with Crippen LogP contribution in [-0.4, -0.2) is 31.9 Å². The van der Waals surface area contributed by atoms with Crippen LogP contribution < -0.4 is 5.73 Å². The zero-order valence-corrected chi connectivity index (χ0v) is 13.4. The highest BCUT2D eigenvalue weighted by molar-refractivity contribution is 7.89. The first kappa shape index (κ1) is 16.2. The topological polar surface area (TPSA) is 87.2 Å². The molecular formula is C14H18ClN3O2S. The Hall–Kier alpha value is -1.13. The van der Waals surface area contributed by atoms with Crippen LogP contribution in [0.5, 0.6) is 0 Å². The summed E-state index contributed by atoms with van der Waals surface area (Å²) in [6.07, 6.45) is 1.73.